The zero-order valence-electron chi connectivity index (χ0n) is 17.7. The van der Waals surface area contributed by atoms with E-state index in [2.05, 4.69) is 0 Å². The maximum atomic E-state index is 13.0. The van der Waals surface area contributed by atoms with E-state index >= 15 is 0 Å². The number of ketones is 1. The Labute approximate surface area is 178 Å². The molecular weight excluding hydrogens is 408 g/mol. The lowest BCUT2D eigenvalue weighted by Gasteiger charge is -2.28. The molecule has 1 atom stereocenters. The minimum Gasteiger partial charge on any atom is -0.466 e. The number of nitro groups is 1. The Morgan fingerprint density at radius 3 is 2.39 bits per heavy atom. The van der Waals surface area contributed by atoms with Crippen molar-refractivity contribution in [2.24, 2.45) is 0 Å². The van der Waals surface area contributed by atoms with Crippen molar-refractivity contribution < 1.29 is 33.6 Å². The van der Waals surface area contributed by atoms with Crippen LogP contribution in [0.15, 0.2) is 30.3 Å². The van der Waals surface area contributed by atoms with E-state index in [4.69, 9.17) is 9.47 Å². The van der Waals surface area contributed by atoms with Gasteiger partial charge in [-0.3, -0.25) is 24.5 Å². The standard InChI is InChI=1S/C21H24N2O8/c1-5-30-18(26)11-10-16(24)19-14(13-8-6-7-9-15(13)23(28)29)12-17(25)22(19)20(27)31-21(2,3)4/h6-9,12,19H,5,10-11H2,1-4H3. The fourth-order valence-corrected chi connectivity index (χ4v) is 3.07. The molecule has 166 valence electrons. The maximum absolute atomic E-state index is 13.0. The molecule has 0 fully saturated rings. The third kappa shape index (κ3) is 5.74. The predicted molar refractivity (Wildman–Crippen MR) is 109 cm³/mol. The van der Waals surface area contributed by atoms with E-state index in [0.29, 0.717) is 4.90 Å². The molecular formula is C21H24N2O8. The van der Waals surface area contributed by atoms with Gasteiger partial charge in [-0.25, -0.2) is 9.69 Å². The minimum atomic E-state index is -1.46. The van der Waals surface area contributed by atoms with Gasteiger partial charge in [0.05, 0.1) is 23.5 Å². The third-order valence-corrected chi connectivity index (χ3v) is 4.26. The van der Waals surface area contributed by atoms with Crippen LogP contribution in [-0.2, 0) is 23.9 Å². The molecule has 0 bridgehead atoms. The lowest BCUT2D eigenvalue weighted by atomic mass is 9.93. The first-order valence-corrected chi connectivity index (χ1v) is 9.66. The number of hydrogen-bond donors (Lipinski definition) is 0. The molecule has 31 heavy (non-hydrogen) atoms. The number of Topliss-reactive ketones (excluding diaryl/α,β-unsaturated/α-hetero) is 1. The maximum Gasteiger partial charge on any atom is 0.418 e. The molecule has 0 saturated heterocycles. The number of amides is 2. The van der Waals surface area contributed by atoms with Gasteiger partial charge in [-0.15, -0.1) is 0 Å². The molecule has 1 aliphatic heterocycles. The molecule has 0 radical (unpaired) electrons. The van der Waals surface area contributed by atoms with Crippen LogP contribution >= 0.6 is 0 Å². The number of rotatable bonds is 7. The number of carbonyl (C=O) groups is 4. The average molecular weight is 432 g/mol. The van der Waals surface area contributed by atoms with Crippen LogP contribution in [0.3, 0.4) is 0 Å². The Bertz CT molecular complexity index is 945. The molecule has 1 aromatic rings. The number of hydrogen-bond acceptors (Lipinski definition) is 8. The summed E-state index contributed by atoms with van der Waals surface area (Å²) in [6, 6.07) is 4.13. The first kappa shape index (κ1) is 23.7. The first-order chi connectivity index (χ1) is 14.5. The molecule has 0 N–H and O–H groups in total. The van der Waals surface area contributed by atoms with Crippen LogP contribution < -0.4 is 0 Å². The summed E-state index contributed by atoms with van der Waals surface area (Å²) in [5, 5.41) is 11.5. The van der Waals surface area contributed by atoms with E-state index in [1.165, 1.54) is 24.3 Å². The van der Waals surface area contributed by atoms with Crippen molar-refractivity contribution in [2.75, 3.05) is 6.61 Å². The summed E-state index contributed by atoms with van der Waals surface area (Å²) in [6.07, 6.45) is -0.631. The minimum absolute atomic E-state index is 0.00276. The fraction of sp³-hybridized carbons (Fsp3) is 0.429. The largest absolute Gasteiger partial charge is 0.466 e. The van der Waals surface area contributed by atoms with Crippen molar-refractivity contribution in [1.29, 1.82) is 0 Å². The molecule has 2 rings (SSSR count). The van der Waals surface area contributed by atoms with Gasteiger partial charge in [-0.1, -0.05) is 12.1 Å². The van der Waals surface area contributed by atoms with Gasteiger partial charge in [0.2, 0.25) is 0 Å². The summed E-state index contributed by atoms with van der Waals surface area (Å²) in [5.41, 5.74) is -1.24. The summed E-state index contributed by atoms with van der Waals surface area (Å²) in [6.45, 7) is 6.55. The molecule has 1 unspecified atom stereocenters. The van der Waals surface area contributed by atoms with Gasteiger partial charge >= 0.3 is 12.1 Å². The van der Waals surface area contributed by atoms with Crippen LogP contribution in [0.4, 0.5) is 10.5 Å². The van der Waals surface area contributed by atoms with Crippen LogP contribution in [-0.4, -0.2) is 51.8 Å². The number of imide groups is 1. The SMILES string of the molecule is CCOC(=O)CCC(=O)C1C(c2ccccc2[N+](=O)[O-])=CC(=O)N1C(=O)OC(C)(C)C. The Kier molecular flexibility index (Phi) is 7.27. The van der Waals surface area contributed by atoms with E-state index in [1.807, 2.05) is 0 Å². The lowest BCUT2D eigenvalue weighted by molar-refractivity contribution is -0.385. The highest BCUT2D eigenvalue weighted by Gasteiger charge is 2.45. The van der Waals surface area contributed by atoms with Gasteiger partial charge in [0, 0.05) is 24.1 Å². The zero-order valence-corrected chi connectivity index (χ0v) is 17.7. The van der Waals surface area contributed by atoms with Gasteiger partial charge in [0.15, 0.2) is 5.78 Å². The Morgan fingerprint density at radius 1 is 1.16 bits per heavy atom. The summed E-state index contributed by atoms with van der Waals surface area (Å²) >= 11 is 0. The third-order valence-electron chi connectivity index (χ3n) is 4.26. The average Bonchev–Trinajstić information content (AvgIpc) is 3.02. The van der Waals surface area contributed by atoms with Gasteiger partial charge in [-0.2, -0.15) is 0 Å². The highest BCUT2D eigenvalue weighted by Crippen LogP contribution is 2.36. The summed E-state index contributed by atoms with van der Waals surface area (Å²) < 4.78 is 10.1. The molecule has 0 aliphatic carbocycles. The monoisotopic (exact) mass is 432 g/mol. The lowest BCUT2D eigenvalue weighted by Crippen LogP contribution is -2.47. The Hall–Kier alpha value is -3.56. The highest BCUT2D eigenvalue weighted by atomic mass is 16.6. The molecule has 1 aromatic carbocycles. The van der Waals surface area contributed by atoms with Crippen molar-refractivity contribution in [1.82, 2.24) is 4.90 Å². The van der Waals surface area contributed by atoms with Crippen LogP contribution in [0, 0.1) is 10.1 Å². The molecule has 1 aliphatic rings. The number of benzene rings is 1. The van der Waals surface area contributed by atoms with Crippen LogP contribution in [0.5, 0.6) is 0 Å². The van der Waals surface area contributed by atoms with Gasteiger partial charge in [-0.05, 0) is 33.8 Å². The van der Waals surface area contributed by atoms with Crippen molar-refractivity contribution in [3.8, 4) is 0 Å². The summed E-state index contributed by atoms with van der Waals surface area (Å²) in [5.74, 6) is -2.09. The van der Waals surface area contributed by atoms with E-state index in [9.17, 15) is 29.3 Å². The fourth-order valence-electron chi connectivity index (χ4n) is 3.07. The normalized spacial score (nSPS) is 16.0. The predicted octanol–water partition coefficient (Wildman–Crippen LogP) is 3.04. The number of esters is 1. The topological polar surface area (TPSA) is 133 Å². The molecule has 1 heterocycles. The number of carbonyl (C=O) groups excluding carboxylic acids is 4. The second kappa shape index (κ2) is 9.50. The smallest absolute Gasteiger partial charge is 0.418 e. The summed E-state index contributed by atoms with van der Waals surface area (Å²) in [7, 11) is 0. The van der Waals surface area contributed by atoms with E-state index in [-0.39, 0.29) is 36.3 Å². The number of nitrogens with zero attached hydrogens (tertiary/aromatic N) is 2. The zero-order chi connectivity index (χ0) is 23.3. The van der Waals surface area contributed by atoms with Crippen molar-refractivity contribution in [2.45, 2.75) is 52.2 Å². The summed E-state index contributed by atoms with van der Waals surface area (Å²) in [4.78, 5) is 61.5. The van der Waals surface area contributed by atoms with Gasteiger partial charge < -0.3 is 9.47 Å². The molecule has 0 spiro atoms. The second-order valence-electron chi connectivity index (χ2n) is 7.74. The van der Waals surface area contributed by atoms with E-state index in [0.717, 1.165) is 6.08 Å². The first-order valence-electron chi connectivity index (χ1n) is 9.66. The van der Waals surface area contributed by atoms with Gasteiger partial charge in [0.1, 0.15) is 11.6 Å². The molecule has 10 heteroatoms. The van der Waals surface area contributed by atoms with Crippen LogP contribution in [0.2, 0.25) is 0 Å². The van der Waals surface area contributed by atoms with Crippen LogP contribution in [0.1, 0.15) is 46.1 Å². The molecule has 2 amide bonds. The second-order valence-corrected chi connectivity index (χ2v) is 7.74. The van der Waals surface area contributed by atoms with Crippen molar-refractivity contribution >= 4 is 35.0 Å². The number of nitro benzene ring substituents is 1. The van der Waals surface area contributed by atoms with Crippen LogP contribution in [0.25, 0.3) is 5.57 Å². The van der Waals surface area contributed by atoms with Crippen molar-refractivity contribution in [3.63, 3.8) is 0 Å². The molecule has 0 saturated carbocycles. The number of para-hydroxylation sites is 1. The number of ether oxygens (including phenoxy) is 2. The van der Waals surface area contributed by atoms with E-state index < -0.39 is 40.3 Å². The Balaban J connectivity index is 2.46. The quantitative estimate of drug-likeness (QED) is 0.365. The highest BCUT2D eigenvalue weighted by molar-refractivity contribution is 6.17. The molecule has 10 nitrogen and oxygen atoms in total. The molecule has 0 aromatic heterocycles. The van der Waals surface area contributed by atoms with Gasteiger partial charge in [0.25, 0.3) is 11.6 Å². The van der Waals surface area contributed by atoms with Crippen molar-refractivity contribution in [3.05, 3.63) is 46.0 Å². The Morgan fingerprint density at radius 2 is 1.81 bits per heavy atom. The van der Waals surface area contributed by atoms with E-state index in [1.54, 1.807) is 27.7 Å².